The number of esters is 1. The fourth-order valence-electron chi connectivity index (χ4n) is 4.27. The number of thioether (sulfide) groups is 1. The summed E-state index contributed by atoms with van der Waals surface area (Å²) in [5, 5.41) is 13.6. The van der Waals surface area contributed by atoms with Crippen LogP contribution < -0.4 is 26.6 Å². The molecular formula is C32H51N5O9S. The number of rotatable bonds is 26. The van der Waals surface area contributed by atoms with Crippen LogP contribution in [0.15, 0.2) is 30.3 Å². The number of carbonyl (C=O) groups is 6. The Morgan fingerprint density at radius 1 is 0.809 bits per heavy atom. The molecule has 0 aliphatic carbocycles. The first-order valence-electron chi connectivity index (χ1n) is 15.7. The van der Waals surface area contributed by atoms with Gasteiger partial charge in [-0.3, -0.25) is 28.8 Å². The SMILES string of the molecule is COC(=O)CCC(=O)NCCOCCOCCNC(=O)C(Cc1ccccc1)NC(=O)C(CC(C)C)NC(=O)C(CCSC)NC=O. The Morgan fingerprint density at radius 3 is 2.02 bits per heavy atom. The number of carbonyl (C=O) groups excluding carboxylic acids is 6. The smallest absolute Gasteiger partial charge is 0.306 e. The average Bonchev–Trinajstić information content (AvgIpc) is 3.05. The van der Waals surface area contributed by atoms with Gasteiger partial charge in [0.15, 0.2) is 0 Å². The molecule has 0 fully saturated rings. The average molecular weight is 682 g/mol. The summed E-state index contributed by atoms with van der Waals surface area (Å²) in [5.74, 6) is -1.36. The molecule has 0 radical (unpaired) electrons. The van der Waals surface area contributed by atoms with Crippen molar-refractivity contribution >= 4 is 47.8 Å². The molecule has 47 heavy (non-hydrogen) atoms. The Kier molecular flexibility index (Phi) is 22.3. The molecule has 0 aromatic heterocycles. The molecule has 3 atom stereocenters. The summed E-state index contributed by atoms with van der Waals surface area (Å²) in [6.07, 6.45) is 3.42. The predicted molar refractivity (Wildman–Crippen MR) is 178 cm³/mol. The molecule has 1 aromatic rings. The number of methoxy groups -OCH3 is 1. The lowest BCUT2D eigenvalue weighted by Gasteiger charge is -2.26. The molecule has 14 nitrogen and oxygen atoms in total. The number of hydrogen-bond acceptors (Lipinski definition) is 10. The van der Waals surface area contributed by atoms with Gasteiger partial charge in [0.25, 0.3) is 0 Å². The first kappa shape index (κ1) is 41.3. The predicted octanol–water partition coefficient (Wildman–Crippen LogP) is 0.331. The van der Waals surface area contributed by atoms with E-state index in [2.05, 4.69) is 31.3 Å². The molecule has 3 unspecified atom stereocenters. The molecule has 264 valence electrons. The Balaban J connectivity index is 2.62. The molecule has 0 bridgehead atoms. The highest BCUT2D eigenvalue weighted by Gasteiger charge is 2.29. The second-order valence-corrected chi connectivity index (χ2v) is 12.0. The van der Waals surface area contributed by atoms with E-state index in [1.54, 1.807) is 11.8 Å². The van der Waals surface area contributed by atoms with Crippen LogP contribution in [0.2, 0.25) is 0 Å². The standard InChI is InChI=1S/C32H51N5O9S/c1-23(2)20-26(36-31(42)25(35-22-38)12-19-47-4)32(43)37-27(21-24-8-6-5-7-9-24)30(41)34-14-16-46-18-17-45-15-13-33-28(39)10-11-29(40)44-3/h5-9,22-23,25-27H,10-21H2,1-4H3,(H,33,39)(H,34,41)(H,35,38)(H,36,42)(H,37,43). The molecule has 15 heteroatoms. The molecule has 5 N–H and O–H groups in total. The van der Waals surface area contributed by atoms with E-state index in [-0.39, 0.29) is 64.1 Å². The third kappa shape index (κ3) is 19.5. The van der Waals surface area contributed by atoms with Gasteiger partial charge in [-0.25, -0.2) is 0 Å². The topological polar surface area (TPSA) is 190 Å². The first-order valence-corrected chi connectivity index (χ1v) is 17.1. The summed E-state index contributed by atoms with van der Waals surface area (Å²) >= 11 is 1.54. The van der Waals surface area contributed by atoms with Gasteiger partial charge in [-0.2, -0.15) is 11.8 Å². The van der Waals surface area contributed by atoms with Gasteiger partial charge < -0.3 is 40.8 Å². The second-order valence-electron chi connectivity index (χ2n) is 11.0. The maximum absolute atomic E-state index is 13.5. The van der Waals surface area contributed by atoms with Crippen LogP contribution in [0.25, 0.3) is 0 Å². The van der Waals surface area contributed by atoms with Crippen LogP contribution in [0.1, 0.15) is 45.1 Å². The highest BCUT2D eigenvalue weighted by atomic mass is 32.2. The maximum atomic E-state index is 13.5. The Hall–Kier alpha value is -3.69. The van der Waals surface area contributed by atoms with E-state index < -0.39 is 41.8 Å². The fraction of sp³-hybridized carbons (Fsp3) is 0.625. The van der Waals surface area contributed by atoms with Crippen LogP contribution in [0.5, 0.6) is 0 Å². The van der Waals surface area contributed by atoms with Crippen LogP contribution in [0.4, 0.5) is 0 Å². The van der Waals surface area contributed by atoms with E-state index in [4.69, 9.17) is 9.47 Å². The molecule has 0 aliphatic heterocycles. The molecule has 0 spiro atoms. The largest absolute Gasteiger partial charge is 0.469 e. The summed E-state index contributed by atoms with van der Waals surface area (Å²) in [4.78, 5) is 73.4. The number of benzene rings is 1. The van der Waals surface area contributed by atoms with Crippen molar-refractivity contribution in [2.24, 2.45) is 5.92 Å². The van der Waals surface area contributed by atoms with Crippen molar-refractivity contribution in [2.75, 3.05) is 58.6 Å². The summed E-state index contributed by atoms with van der Waals surface area (Å²) in [6.45, 7) is 5.36. The number of nitrogens with one attached hydrogen (secondary N) is 5. The minimum atomic E-state index is -0.914. The van der Waals surface area contributed by atoms with Crippen molar-refractivity contribution in [3.63, 3.8) is 0 Å². The summed E-state index contributed by atoms with van der Waals surface area (Å²) in [6, 6.07) is 6.67. The summed E-state index contributed by atoms with van der Waals surface area (Å²) in [5.41, 5.74) is 0.845. The van der Waals surface area contributed by atoms with Gasteiger partial charge in [0.2, 0.25) is 30.0 Å². The zero-order valence-corrected chi connectivity index (χ0v) is 28.7. The van der Waals surface area contributed by atoms with Gasteiger partial charge in [-0.1, -0.05) is 44.2 Å². The lowest BCUT2D eigenvalue weighted by molar-refractivity contribution is -0.142. The van der Waals surface area contributed by atoms with Crippen molar-refractivity contribution in [3.05, 3.63) is 35.9 Å². The van der Waals surface area contributed by atoms with Gasteiger partial charge >= 0.3 is 5.97 Å². The molecule has 1 rings (SSSR count). The Morgan fingerprint density at radius 2 is 1.43 bits per heavy atom. The normalized spacial score (nSPS) is 12.7. The Labute approximate surface area is 281 Å². The minimum Gasteiger partial charge on any atom is -0.469 e. The number of amides is 5. The van der Waals surface area contributed by atoms with E-state index in [0.717, 1.165) is 5.56 Å². The molecule has 0 aliphatic rings. The highest BCUT2D eigenvalue weighted by molar-refractivity contribution is 7.98. The van der Waals surface area contributed by atoms with Crippen molar-refractivity contribution in [2.45, 2.75) is 64.1 Å². The van der Waals surface area contributed by atoms with E-state index in [0.29, 0.717) is 31.5 Å². The van der Waals surface area contributed by atoms with Crippen LogP contribution >= 0.6 is 11.8 Å². The summed E-state index contributed by atoms with van der Waals surface area (Å²) in [7, 11) is 1.27. The molecular weight excluding hydrogens is 630 g/mol. The molecule has 0 heterocycles. The molecule has 1 aromatic carbocycles. The third-order valence-corrected chi connectivity index (χ3v) is 7.37. The van der Waals surface area contributed by atoms with Crippen molar-refractivity contribution in [1.82, 2.24) is 26.6 Å². The molecule has 0 saturated carbocycles. The molecule has 0 saturated heterocycles. The third-order valence-electron chi connectivity index (χ3n) is 6.72. The van der Waals surface area contributed by atoms with E-state index >= 15 is 0 Å². The number of ether oxygens (including phenoxy) is 3. The first-order chi connectivity index (χ1) is 22.6. The van der Waals surface area contributed by atoms with E-state index in [1.807, 2.05) is 50.4 Å². The highest BCUT2D eigenvalue weighted by Crippen LogP contribution is 2.09. The van der Waals surface area contributed by atoms with Crippen molar-refractivity contribution in [1.29, 1.82) is 0 Å². The van der Waals surface area contributed by atoms with Gasteiger partial charge in [0.05, 0.1) is 40.0 Å². The number of hydrogen-bond donors (Lipinski definition) is 5. The lowest BCUT2D eigenvalue weighted by atomic mass is 10.0. The zero-order chi connectivity index (χ0) is 34.9. The van der Waals surface area contributed by atoms with Crippen LogP contribution in [-0.2, 0) is 49.4 Å². The van der Waals surface area contributed by atoms with Gasteiger partial charge in [-0.05, 0) is 36.3 Å². The van der Waals surface area contributed by atoms with Crippen LogP contribution in [0, 0.1) is 5.92 Å². The Bertz CT molecular complexity index is 1090. The zero-order valence-electron chi connectivity index (χ0n) is 27.8. The molecule has 5 amide bonds. The quantitative estimate of drug-likeness (QED) is 0.0518. The van der Waals surface area contributed by atoms with Gasteiger partial charge in [0.1, 0.15) is 18.1 Å². The lowest BCUT2D eigenvalue weighted by Crippen LogP contribution is -2.57. The maximum Gasteiger partial charge on any atom is 0.306 e. The van der Waals surface area contributed by atoms with Crippen molar-refractivity contribution in [3.8, 4) is 0 Å². The van der Waals surface area contributed by atoms with Crippen LogP contribution in [-0.4, -0.2) is 113 Å². The minimum absolute atomic E-state index is 0.0180. The van der Waals surface area contributed by atoms with Gasteiger partial charge in [0, 0.05) is 25.9 Å². The van der Waals surface area contributed by atoms with E-state index in [1.165, 1.54) is 7.11 Å². The second kappa shape index (κ2) is 25.4. The monoisotopic (exact) mass is 681 g/mol. The van der Waals surface area contributed by atoms with E-state index in [9.17, 15) is 28.8 Å². The fourth-order valence-corrected chi connectivity index (χ4v) is 4.75. The van der Waals surface area contributed by atoms with Gasteiger partial charge in [-0.15, -0.1) is 0 Å². The van der Waals surface area contributed by atoms with Crippen LogP contribution in [0.3, 0.4) is 0 Å². The summed E-state index contributed by atoms with van der Waals surface area (Å²) < 4.78 is 15.4. The van der Waals surface area contributed by atoms with Crippen molar-refractivity contribution < 1.29 is 43.0 Å².